The molecule has 0 radical (unpaired) electrons. The molecule has 1 aliphatic heterocycles. The largest absolute Gasteiger partial charge is 0.492 e. The number of carbonyl (C=O) groups is 1. The lowest BCUT2D eigenvalue weighted by atomic mass is 9.89. The highest BCUT2D eigenvalue weighted by atomic mass is 16.5. The first kappa shape index (κ1) is 9.97. The van der Waals surface area contributed by atoms with E-state index in [2.05, 4.69) is 0 Å². The minimum absolute atomic E-state index is 0.0996. The molecule has 0 spiro atoms. The van der Waals surface area contributed by atoms with Crippen molar-refractivity contribution in [1.29, 1.82) is 0 Å². The van der Waals surface area contributed by atoms with E-state index >= 15 is 0 Å². The molecular weight excluding hydrogens is 188 g/mol. The number of allylic oxidation sites excluding steroid dienone is 1. The summed E-state index contributed by atoms with van der Waals surface area (Å²) >= 11 is 0. The third-order valence-electron chi connectivity index (χ3n) is 2.78. The second kappa shape index (κ2) is 3.89. The molecule has 0 N–H and O–H groups in total. The first-order valence-electron chi connectivity index (χ1n) is 5.11. The van der Waals surface area contributed by atoms with Gasteiger partial charge in [0.05, 0.1) is 12.2 Å². The zero-order valence-electron chi connectivity index (χ0n) is 8.94. The van der Waals surface area contributed by atoms with Crippen molar-refractivity contribution in [3.05, 3.63) is 47.7 Å². The molecule has 0 saturated carbocycles. The number of hydrogen-bond acceptors (Lipinski definition) is 2. The summed E-state index contributed by atoms with van der Waals surface area (Å²) in [6.45, 7) is 3.70. The molecule has 0 saturated heterocycles. The zero-order valence-corrected chi connectivity index (χ0v) is 8.94. The molecule has 15 heavy (non-hydrogen) atoms. The van der Waals surface area contributed by atoms with Crippen LogP contribution in [0.1, 0.15) is 25.5 Å². The smallest absolute Gasteiger partial charge is 0.168 e. The summed E-state index contributed by atoms with van der Waals surface area (Å²) in [5, 5.41) is 0. The molecule has 0 fully saturated rings. The van der Waals surface area contributed by atoms with E-state index in [1.807, 2.05) is 37.3 Å². The Morgan fingerprint density at radius 1 is 1.20 bits per heavy atom. The maximum atomic E-state index is 11.8. The Morgan fingerprint density at radius 3 is 2.53 bits per heavy atom. The molecule has 0 aromatic heterocycles. The average Bonchev–Trinajstić information content (AvgIpc) is 2.27. The van der Waals surface area contributed by atoms with Gasteiger partial charge in [-0.1, -0.05) is 37.3 Å². The lowest BCUT2D eigenvalue weighted by molar-refractivity contribution is -0.124. The summed E-state index contributed by atoms with van der Waals surface area (Å²) < 4.78 is 5.58. The van der Waals surface area contributed by atoms with E-state index in [0.717, 1.165) is 5.56 Å². The Kier molecular flexibility index (Phi) is 2.58. The van der Waals surface area contributed by atoms with Crippen molar-refractivity contribution in [3.63, 3.8) is 0 Å². The minimum atomic E-state index is -0.137. The summed E-state index contributed by atoms with van der Waals surface area (Å²) in [5.41, 5.74) is 1.76. The fraction of sp³-hybridized carbons (Fsp3) is 0.308. The van der Waals surface area contributed by atoms with Crippen LogP contribution in [0.4, 0.5) is 0 Å². The second-order valence-corrected chi connectivity index (χ2v) is 3.92. The van der Waals surface area contributed by atoms with Gasteiger partial charge < -0.3 is 4.74 Å². The molecule has 2 rings (SSSR count). The van der Waals surface area contributed by atoms with E-state index in [-0.39, 0.29) is 17.8 Å². The van der Waals surface area contributed by atoms with Gasteiger partial charge in [0.1, 0.15) is 6.10 Å². The fourth-order valence-corrected chi connectivity index (χ4v) is 1.86. The van der Waals surface area contributed by atoms with Crippen molar-refractivity contribution in [2.75, 3.05) is 0 Å². The predicted molar refractivity (Wildman–Crippen MR) is 58.2 cm³/mol. The second-order valence-electron chi connectivity index (χ2n) is 3.92. The van der Waals surface area contributed by atoms with Crippen LogP contribution in [-0.4, -0.2) is 5.78 Å². The monoisotopic (exact) mass is 202 g/mol. The van der Waals surface area contributed by atoms with E-state index < -0.39 is 0 Å². The number of hydrogen-bond donors (Lipinski definition) is 0. The molecule has 1 aromatic rings. The van der Waals surface area contributed by atoms with Crippen molar-refractivity contribution in [1.82, 2.24) is 0 Å². The maximum absolute atomic E-state index is 11.8. The minimum Gasteiger partial charge on any atom is -0.492 e. The van der Waals surface area contributed by atoms with E-state index in [1.54, 1.807) is 13.2 Å². The maximum Gasteiger partial charge on any atom is 0.168 e. The number of rotatable bonds is 1. The van der Waals surface area contributed by atoms with Crippen molar-refractivity contribution >= 4 is 5.78 Å². The molecule has 0 amide bonds. The number of benzene rings is 1. The fourth-order valence-electron chi connectivity index (χ4n) is 1.86. The molecule has 1 heterocycles. The number of ether oxygens (including phenoxy) is 1. The summed E-state index contributed by atoms with van der Waals surface area (Å²) in [4.78, 5) is 11.8. The van der Waals surface area contributed by atoms with Crippen LogP contribution in [0.25, 0.3) is 0 Å². The standard InChI is InChI=1S/C13H14O2/c1-9-8-15-13(10(2)12(9)14)11-6-4-3-5-7-11/h3-8,10,13H,1-2H3/t10-,13+/m0/s1. The highest BCUT2D eigenvalue weighted by molar-refractivity contribution is 5.97. The van der Waals surface area contributed by atoms with Crippen LogP contribution in [0.3, 0.4) is 0 Å². The van der Waals surface area contributed by atoms with Gasteiger partial charge in [0.15, 0.2) is 5.78 Å². The Hall–Kier alpha value is -1.57. The van der Waals surface area contributed by atoms with Gasteiger partial charge in [-0.2, -0.15) is 0 Å². The third kappa shape index (κ3) is 1.80. The van der Waals surface area contributed by atoms with Crippen LogP contribution in [-0.2, 0) is 9.53 Å². The summed E-state index contributed by atoms with van der Waals surface area (Å²) in [7, 11) is 0. The van der Waals surface area contributed by atoms with Crippen molar-refractivity contribution < 1.29 is 9.53 Å². The van der Waals surface area contributed by atoms with Gasteiger partial charge in [0.25, 0.3) is 0 Å². The van der Waals surface area contributed by atoms with E-state index in [0.29, 0.717) is 5.57 Å². The molecule has 0 unspecified atom stereocenters. The van der Waals surface area contributed by atoms with Crippen molar-refractivity contribution in [3.8, 4) is 0 Å². The normalized spacial score (nSPS) is 25.7. The summed E-state index contributed by atoms with van der Waals surface area (Å²) in [5.74, 6) is 0.0764. The molecule has 2 nitrogen and oxygen atoms in total. The van der Waals surface area contributed by atoms with Crippen LogP contribution < -0.4 is 0 Å². The van der Waals surface area contributed by atoms with Crippen LogP contribution in [0, 0.1) is 5.92 Å². The quantitative estimate of drug-likeness (QED) is 0.700. The molecule has 1 aromatic carbocycles. The topological polar surface area (TPSA) is 26.3 Å². The van der Waals surface area contributed by atoms with Gasteiger partial charge in [-0.3, -0.25) is 4.79 Å². The van der Waals surface area contributed by atoms with E-state index in [1.165, 1.54) is 0 Å². The van der Waals surface area contributed by atoms with Gasteiger partial charge in [0, 0.05) is 5.57 Å². The molecule has 0 bridgehead atoms. The average molecular weight is 202 g/mol. The van der Waals surface area contributed by atoms with Gasteiger partial charge >= 0.3 is 0 Å². The van der Waals surface area contributed by atoms with Crippen LogP contribution in [0.2, 0.25) is 0 Å². The zero-order chi connectivity index (χ0) is 10.8. The number of carbonyl (C=O) groups excluding carboxylic acids is 1. The first-order chi connectivity index (χ1) is 7.20. The van der Waals surface area contributed by atoms with Gasteiger partial charge in [-0.05, 0) is 12.5 Å². The van der Waals surface area contributed by atoms with Crippen LogP contribution in [0.15, 0.2) is 42.2 Å². The Labute approximate surface area is 89.6 Å². The summed E-state index contributed by atoms with van der Waals surface area (Å²) in [6.07, 6.45) is 1.43. The Bertz CT molecular complexity index is 392. The Balaban J connectivity index is 2.30. The highest BCUT2D eigenvalue weighted by Gasteiger charge is 2.30. The van der Waals surface area contributed by atoms with Crippen LogP contribution >= 0.6 is 0 Å². The predicted octanol–water partition coefficient (Wildman–Crippen LogP) is 2.87. The molecule has 0 aliphatic carbocycles. The molecule has 78 valence electrons. The molecule has 1 aliphatic rings. The number of ketones is 1. The molecule has 2 atom stereocenters. The lowest BCUT2D eigenvalue weighted by Crippen LogP contribution is -2.25. The van der Waals surface area contributed by atoms with Gasteiger partial charge in [-0.15, -0.1) is 0 Å². The third-order valence-corrected chi connectivity index (χ3v) is 2.78. The summed E-state index contributed by atoms with van der Waals surface area (Å²) in [6, 6.07) is 9.86. The highest BCUT2D eigenvalue weighted by Crippen LogP contribution is 2.32. The van der Waals surface area contributed by atoms with Crippen molar-refractivity contribution in [2.45, 2.75) is 20.0 Å². The SMILES string of the molecule is CC1=CO[C@@H](c2ccccc2)[C@@H](C)C1=O. The lowest BCUT2D eigenvalue weighted by Gasteiger charge is -2.27. The Morgan fingerprint density at radius 2 is 1.87 bits per heavy atom. The molecular formula is C13H14O2. The van der Waals surface area contributed by atoms with Gasteiger partial charge in [-0.25, -0.2) is 0 Å². The van der Waals surface area contributed by atoms with E-state index in [9.17, 15) is 4.79 Å². The number of Topliss-reactive ketones (excluding diaryl/α,β-unsaturated/α-hetero) is 1. The van der Waals surface area contributed by atoms with Crippen LogP contribution in [0.5, 0.6) is 0 Å². The first-order valence-corrected chi connectivity index (χ1v) is 5.11. The van der Waals surface area contributed by atoms with Gasteiger partial charge in [0.2, 0.25) is 0 Å². The van der Waals surface area contributed by atoms with Crippen molar-refractivity contribution in [2.24, 2.45) is 5.92 Å². The molecule has 2 heteroatoms. The van der Waals surface area contributed by atoms with E-state index in [4.69, 9.17) is 4.74 Å².